The molecule has 0 saturated carbocycles. The number of likely N-dealkylation sites (tertiary alicyclic amines) is 3. The largest absolute Gasteiger partial charge is 0.334 e. The molecule has 0 radical (unpaired) electrons. The molecule has 29 heavy (non-hydrogen) atoms. The number of Topliss-reactive ketones (excluding diaryl/α,β-unsaturated/α-hetero) is 1. The summed E-state index contributed by atoms with van der Waals surface area (Å²) in [6.45, 7) is 3.41. The molecule has 3 aliphatic rings. The van der Waals surface area contributed by atoms with Crippen molar-refractivity contribution in [3.05, 3.63) is 34.1 Å². The lowest BCUT2D eigenvalue weighted by Crippen LogP contribution is -2.48. The lowest BCUT2D eigenvalue weighted by Gasteiger charge is -2.28. The minimum Gasteiger partial charge on any atom is -0.334 e. The van der Waals surface area contributed by atoms with E-state index in [-0.39, 0.29) is 41.5 Å². The van der Waals surface area contributed by atoms with Crippen LogP contribution in [-0.4, -0.2) is 70.8 Å². The third kappa shape index (κ3) is 3.54. The Hall–Kier alpha value is -2.35. The topological polar surface area (TPSA) is 73.0 Å². The van der Waals surface area contributed by atoms with E-state index in [1.54, 1.807) is 28.9 Å². The highest BCUT2D eigenvalue weighted by Gasteiger charge is 2.52. The number of halogens is 2. The highest BCUT2D eigenvalue weighted by molar-refractivity contribution is 6.31. The van der Waals surface area contributed by atoms with Gasteiger partial charge in [-0.2, -0.15) is 0 Å². The molecule has 2 unspecified atom stereocenters. The molecule has 2 atom stereocenters. The fourth-order valence-corrected chi connectivity index (χ4v) is 4.75. The van der Waals surface area contributed by atoms with Crippen molar-refractivity contribution in [2.45, 2.75) is 44.8 Å². The highest BCUT2D eigenvalue weighted by atomic mass is 35.5. The number of fused-ring (bicyclic) bond motifs is 1. The minimum atomic E-state index is -0.639. The van der Waals surface area contributed by atoms with E-state index >= 15 is 0 Å². The fourth-order valence-electron chi connectivity index (χ4n) is 4.54. The van der Waals surface area contributed by atoms with Crippen LogP contribution in [0.4, 0.5) is 14.0 Å². The monoisotopic (exact) mass is 422 g/mol. The molecule has 4 amide bonds. The van der Waals surface area contributed by atoms with Gasteiger partial charge in [-0.3, -0.25) is 4.79 Å². The molecule has 156 valence electrons. The first kappa shape index (κ1) is 19.9. The molecular formula is C20H24ClFN4O3. The zero-order chi connectivity index (χ0) is 20.7. The van der Waals surface area contributed by atoms with Gasteiger partial charge in [-0.25, -0.2) is 14.0 Å². The Kier molecular flexibility index (Phi) is 5.38. The van der Waals surface area contributed by atoms with Gasteiger partial charge in [-0.15, -0.1) is 0 Å². The van der Waals surface area contributed by atoms with Gasteiger partial charge in [0.1, 0.15) is 11.9 Å². The van der Waals surface area contributed by atoms with Crippen LogP contribution in [0.15, 0.2) is 12.1 Å². The number of benzene rings is 1. The van der Waals surface area contributed by atoms with Crippen molar-refractivity contribution >= 4 is 29.4 Å². The molecular weight excluding hydrogens is 399 g/mol. The van der Waals surface area contributed by atoms with Gasteiger partial charge in [0.25, 0.3) is 0 Å². The summed E-state index contributed by atoms with van der Waals surface area (Å²) in [5, 5.41) is 2.92. The van der Waals surface area contributed by atoms with E-state index in [0.29, 0.717) is 31.6 Å². The molecule has 3 heterocycles. The maximum atomic E-state index is 14.3. The van der Waals surface area contributed by atoms with E-state index in [1.807, 2.05) is 0 Å². The molecule has 1 aromatic carbocycles. The van der Waals surface area contributed by atoms with Gasteiger partial charge in [-0.05, 0) is 37.8 Å². The lowest BCUT2D eigenvalue weighted by atomic mass is 10.1. The molecule has 0 aromatic heterocycles. The van der Waals surface area contributed by atoms with Crippen LogP contribution in [-0.2, 0) is 11.3 Å². The Morgan fingerprint density at radius 2 is 1.93 bits per heavy atom. The Labute approximate surface area is 173 Å². The number of hydrogen-bond donors (Lipinski definition) is 1. The molecule has 3 fully saturated rings. The third-order valence-electron chi connectivity index (χ3n) is 6.10. The highest BCUT2D eigenvalue weighted by Crippen LogP contribution is 2.31. The average Bonchev–Trinajstić information content (AvgIpc) is 3.43. The molecule has 1 N–H and O–H groups in total. The van der Waals surface area contributed by atoms with Crippen molar-refractivity contribution in [2.75, 3.05) is 26.2 Å². The van der Waals surface area contributed by atoms with E-state index in [1.165, 1.54) is 4.90 Å². The van der Waals surface area contributed by atoms with Crippen molar-refractivity contribution in [3.8, 4) is 0 Å². The SMILES string of the molecule is Cc1ccc(Cl)c(CNC(=O)N2CCC3C2C(=O)CN3C(=O)N2CCCC2)c1F. The van der Waals surface area contributed by atoms with Gasteiger partial charge in [-0.1, -0.05) is 17.7 Å². The molecule has 4 rings (SSSR count). The zero-order valence-corrected chi connectivity index (χ0v) is 17.0. The second-order valence-corrected chi connectivity index (χ2v) is 8.29. The normalized spacial score (nSPS) is 23.7. The fraction of sp³-hybridized carbons (Fsp3) is 0.550. The van der Waals surface area contributed by atoms with Crippen molar-refractivity contribution in [1.29, 1.82) is 0 Å². The summed E-state index contributed by atoms with van der Waals surface area (Å²) >= 11 is 6.07. The molecule has 0 aliphatic carbocycles. The average molecular weight is 423 g/mol. The Morgan fingerprint density at radius 3 is 2.66 bits per heavy atom. The summed E-state index contributed by atoms with van der Waals surface area (Å²) in [5.41, 5.74) is 0.668. The van der Waals surface area contributed by atoms with Crippen molar-refractivity contribution in [3.63, 3.8) is 0 Å². The summed E-state index contributed by atoms with van der Waals surface area (Å²) in [6, 6.07) is 1.69. The quantitative estimate of drug-likeness (QED) is 0.796. The second kappa shape index (κ2) is 7.82. The zero-order valence-electron chi connectivity index (χ0n) is 16.3. The third-order valence-corrected chi connectivity index (χ3v) is 6.46. The minimum absolute atomic E-state index is 0.0345. The van der Waals surface area contributed by atoms with Crippen LogP contribution in [0.2, 0.25) is 5.02 Å². The van der Waals surface area contributed by atoms with E-state index in [9.17, 15) is 18.8 Å². The first-order valence-corrected chi connectivity index (χ1v) is 10.3. The number of nitrogens with one attached hydrogen (secondary N) is 1. The number of hydrogen-bond acceptors (Lipinski definition) is 3. The van der Waals surface area contributed by atoms with Crippen LogP contribution in [0.1, 0.15) is 30.4 Å². The van der Waals surface area contributed by atoms with Crippen LogP contribution in [0.5, 0.6) is 0 Å². The van der Waals surface area contributed by atoms with Crippen LogP contribution in [0.3, 0.4) is 0 Å². The molecule has 1 aromatic rings. The first-order valence-electron chi connectivity index (χ1n) is 9.94. The van der Waals surface area contributed by atoms with Crippen LogP contribution < -0.4 is 5.32 Å². The number of urea groups is 2. The number of amides is 4. The number of rotatable bonds is 2. The van der Waals surface area contributed by atoms with Gasteiger partial charge in [0.15, 0.2) is 5.78 Å². The van der Waals surface area contributed by atoms with Gasteiger partial charge in [0.2, 0.25) is 0 Å². The van der Waals surface area contributed by atoms with Crippen LogP contribution in [0, 0.1) is 12.7 Å². The van der Waals surface area contributed by atoms with E-state index in [0.717, 1.165) is 12.8 Å². The summed E-state index contributed by atoms with van der Waals surface area (Å²) in [7, 11) is 0. The number of aryl methyl sites for hydroxylation is 1. The smallest absolute Gasteiger partial charge is 0.320 e. The molecule has 3 saturated heterocycles. The summed E-state index contributed by atoms with van der Waals surface area (Å²) in [5.74, 6) is -0.577. The first-order chi connectivity index (χ1) is 13.9. The molecule has 0 spiro atoms. The Bertz CT molecular complexity index is 858. The van der Waals surface area contributed by atoms with Gasteiger partial charge in [0.05, 0.1) is 12.6 Å². The summed E-state index contributed by atoms with van der Waals surface area (Å²) < 4.78 is 14.3. The summed E-state index contributed by atoms with van der Waals surface area (Å²) in [4.78, 5) is 43.0. The number of ketones is 1. The molecule has 7 nitrogen and oxygen atoms in total. The maximum Gasteiger partial charge on any atom is 0.320 e. The maximum absolute atomic E-state index is 14.3. The van der Waals surface area contributed by atoms with Crippen LogP contribution >= 0.6 is 11.6 Å². The molecule has 9 heteroatoms. The Balaban J connectivity index is 1.43. The van der Waals surface area contributed by atoms with Gasteiger partial charge in [0, 0.05) is 36.8 Å². The van der Waals surface area contributed by atoms with E-state index < -0.39 is 17.9 Å². The molecule has 3 aliphatic heterocycles. The standard InChI is InChI=1S/C20H24ClFN4O3/c1-12-4-5-14(21)13(17(12)22)10-23-19(28)25-9-6-15-18(25)16(27)11-26(15)20(29)24-7-2-3-8-24/h4-5,15,18H,2-3,6-11H2,1H3,(H,23,28). The van der Waals surface area contributed by atoms with Crippen LogP contribution in [0.25, 0.3) is 0 Å². The van der Waals surface area contributed by atoms with Crippen molar-refractivity contribution < 1.29 is 18.8 Å². The lowest BCUT2D eigenvalue weighted by molar-refractivity contribution is -0.119. The predicted octanol–water partition coefficient (Wildman–Crippen LogP) is 2.54. The van der Waals surface area contributed by atoms with E-state index in [4.69, 9.17) is 11.6 Å². The number of carbonyl (C=O) groups is 3. The predicted molar refractivity (Wildman–Crippen MR) is 105 cm³/mol. The van der Waals surface area contributed by atoms with Gasteiger partial charge >= 0.3 is 12.1 Å². The number of carbonyl (C=O) groups excluding carboxylic acids is 3. The van der Waals surface area contributed by atoms with Crippen molar-refractivity contribution in [1.82, 2.24) is 20.0 Å². The Morgan fingerprint density at radius 1 is 1.21 bits per heavy atom. The summed E-state index contributed by atoms with van der Waals surface area (Å²) in [6.07, 6.45) is 2.52. The van der Waals surface area contributed by atoms with Crippen molar-refractivity contribution in [2.24, 2.45) is 0 Å². The van der Waals surface area contributed by atoms with E-state index in [2.05, 4.69) is 5.32 Å². The molecule has 0 bridgehead atoms. The number of nitrogens with zero attached hydrogens (tertiary/aromatic N) is 3. The second-order valence-electron chi connectivity index (χ2n) is 7.88. The van der Waals surface area contributed by atoms with Gasteiger partial charge < -0.3 is 20.0 Å².